The first-order chi connectivity index (χ1) is 15.6. The van der Waals surface area contributed by atoms with Crippen molar-refractivity contribution in [3.63, 3.8) is 0 Å². The predicted molar refractivity (Wildman–Crippen MR) is 125 cm³/mol. The molecule has 172 valence electrons. The van der Waals surface area contributed by atoms with Crippen LogP contribution in [0.4, 0.5) is 10.1 Å². The third-order valence-electron chi connectivity index (χ3n) is 6.53. The van der Waals surface area contributed by atoms with Gasteiger partial charge in [-0.15, -0.1) is 0 Å². The van der Waals surface area contributed by atoms with Crippen molar-refractivity contribution in [1.29, 1.82) is 0 Å². The highest BCUT2D eigenvalue weighted by Crippen LogP contribution is 2.20. The fourth-order valence-corrected chi connectivity index (χ4v) is 4.45. The van der Waals surface area contributed by atoms with E-state index in [0.717, 1.165) is 44.9 Å². The summed E-state index contributed by atoms with van der Waals surface area (Å²) in [6.45, 7) is 7.97. The van der Waals surface area contributed by atoms with Gasteiger partial charge in [0.2, 0.25) is 5.91 Å². The van der Waals surface area contributed by atoms with Gasteiger partial charge >= 0.3 is 0 Å². The number of halogens is 1. The molecule has 6 nitrogen and oxygen atoms in total. The largest absolute Gasteiger partial charge is 0.497 e. The molecule has 2 aromatic rings. The van der Waals surface area contributed by atoms with E-state index in [9.17, 15) is 9.18 Å². The Hall–Kier alpha value is -2.64. The van der Waals surface area contributed by atoms with Crippen LogP contribution in [-0.2, 0) is 11.2 Å². The lowest BCUT2D eigenvalue weighted by atomic mass is 10.1. The average Bonchev–Trinajstić information content (AvgIpc) is 2.84. The first-order valence-electron chi connectivity index (χ1n) is 11.5. The summed E-state index contributed by atoms with van der Waals surface area (Å²) < 4.78 is 19.2. The molecule has 0 unspecified atom stereocenters. The van der Waals surface area contributed by atoms with Crippen molar-refractivity contribution in [3.05, 3.63) is 59.9 Å². The van der Waals surface area contributed by atoms with Crippen LogP contribution in [0.25, 0.3) is 0 Å². The van der Waals surface area contributed by atoms with Crippen molar-refractivity contribution < 1.29 is 13.9 Å². The molecule has 1 amide bonds. The topological polar surface area (TPSA) is 39.3 Å². The summed E-state index contributed by atoms with van der Waals surface area (Å²) in [5.74, 6) is 0.877. The summed E-state index contributed by atoms with van der Waals surface area (Å²) in [5, 5.41) is 0. The molecule has 2 heterocycles. The summed E-state index contributed by atoms with van der Waals surface area (Å²) >= 11 is 0. The lowest BCUT2D eigenvalue weighted by Crippen LogP contribution is -2.54. The van der Waals surface area contributed by atoms with Gasteiger partial charge in [-0.05, 0) is 36.2 Å². The second-order valence-corrected chi connectivity index (χ2v) is 8.54. The normalized spacial score (nSPS) is 18.1. The summed E-state index contributed by atoms with van der Waals surface area (Å²) in [4.78, 5) is 21.5. The van der Waals surface area contributed by atoms with Gasteiger partial charge in [-0.2, -0.15) is 0 Å². The number of carbonyl (C=O) groups is 1. The maximum absolute atomic E-state index is 14.0. The number of nitrogens with zero attached hydrogens (tertiary/aromatic N) is 4. The van der Waals surface area contributed by atoms with Gasteiger partial charge in [-0.1, -0.05) is 24.3 Å². The van der Waals surface area contributed by atoms with E-state index < -0.39 is 0 Å². The van der Waals surface area contributed by atoms with E-state index in [1.54, 1.807) is 19.2 Å². The van der Waals surface area contributed by atoms with E-state index in [4.69, 9.17) is 4.74 Å². The number of methoxy groups -OCH3 is 1. The van der Waals surface area contributed by atoms with Gasteiger partial charge in [0.15, 0.2) is 0 Å². The molecule has 0 aliphatic carbocycles. The number of amides is 1. The van der Waals surface area contributed by atoms with Gasteiger partial charge in [0.25, 0.3) is 0 Å². The highest BCUT2D eigenvalue weighted by Gasteiger charge is 2.25. The smallest absolute Gasteiger partial charge is 0.236 e. The van der Waals surface area contributed by atoms with Crippen LogP contribution in [0.15, 0.2) is 48.5 Å². The van der Waals surface area contributed by atoms with E-state index in [1.165, 1.54) is 11.6 Å². The molecule has 0 atom stereocenters. The maximum atomic E-state index is 14.0. The zero-order valence-corrected chi connectivity index (χ0v) is 18.9. The van der Waals surface area contributed by atoms with Gasteiger partial charge in [0.1, 0.15) is 11.6 Å². The highest BCUT2D eigenvalue weighted by atomic mass is 19.1. The van der Waals surface area contributed by atoms with Crippen molar-refractivity contribution in [2.75, 3.05) is 77.5 Å². The summed E-state index contributed by atoms with van der Waals surface area (Å²) in [6, 6.07) is 15.1. The SMILES string of the molecule is COc1ccc(CCN2CCN(CC(=O)N3CCN(c4ccccc4F)CC3)CC2)cc1. The third-order valence-corrected chi connectivity index (χ3v) is 6.53. The molecule has 0 N–H and O–H groups in total. The molecule has 32 heavy (non-hydrogen) atoms. The maximum Gasteiger partial charge on any atom is 0.236 e. The monoisotopic (exact) mass is 440 g/mol. The van der Waals surface area contributed by atoms with Crippen molar-refractivity contribution in [2.45, 2.75) is 6.42 Å². The van der Waals surface area contributed by atoms with Crippen LogP contribution in [-0.4, -0.2) is 93.2 Å². The van der Waals surface area contributed by atoms with Crippen LogP contribution >= 0.6 is 0 Å². The Labute approximate surface area is 190 Å². The molecule has 0 saturated carbocycles. The number of rotatable bonds is 7. The van der Waals surface area contributed by atoms with Gasteiger partial charge in [0.05, 0.1) is 19.3 Å². The lowest BCUT2D eigenvalue weighted by Gasteiger charge is -2.38. The molecule has 2 fully saturated rings. The van der Waals surface area contributed by atoms with Crippen LogP contribution in [0.1, 0.15) is 5.56 Å². The second kappa shape index (κ2) is 10.8. The molecule has 0 aromatic heterocycles. The highest BCUT2D eigenvalue weighted by molar-refractivity contribution is 5.78. The number of carbonyl (C=O) groups excluding carboxylic acids is 1. The molecule has 0 radical (unpaired) electrons. The lowest BCUT2D eigenvalue weighted by molar-refractivity contribution is -0.133. The number of anilines is 1. The van der Waals surface area contributed by atoms with Gasteiger partial charge < -0.3 is 19.4 Å². The Morgan fingerprint density at radius 1 is 0.875 bits per heavy atom. The Morgan fingerprint density at radius 3 is 2.19 bits per heavy atom. The van der Waals surface area contributed by atoms with E-state index in [0.29, 0.717) is 38.4 Å². The van der Waals surface area contributed by atoms with Crippen molar-refractivity contribution in [2.24, 2.45) is 0 Å². The van der Waals surface area contributed by atoms with Crippen LogP contribution in [0, 0.1) is 5.82 Å². The number of para-hydroxylation sites is 1. The quantitative estimate of drug-likeness (QED) is 0.661. The van der Waals surface area contributed by atoms with E-state index in [1.807, 2.05) is 28.0 Å². The Morgan fingerprint density at radius 2 is 1.53 bits per heavy atom. The first-order valence-corrected chi connectivity index (χ1v) is 11.5. The molecule has 2 aromatic carbocycles. The van der Waals surface area contributed by atoms with Crippen LogP contribution < -0.4 is 9.64 Å². The molecule has 7 heteroatoms. The Bertz CT molecular complexity index is 876. The summed E-state index contributed by atoms with van der Waals surface area (Å²) in [5.41, 5.74) is 1.95. The minimum Gasteiger partial charge on any atom is -0.497 e. The molecule has 2 aliphatic rings. The van der Waals surface area contributed by atoms with Crippen LogP contribution in [0.3, 0.4) is 0 Å². The van der Waals surface area contributed by atoms with E-state index in [2.05, 4.69) is 21.9 Å². The van der Waals surface area contributed by atoms with Crippen molar-refractivity contribution >= 4 is 11.6 Å². The molecule has 0 bridgehead atoms. The Kier molecular flexibility index (Phi) is 7.60. The molecule has 4 rings (SSSR count). The average molecular weight is 441 g/mol. The zero-order chi connectivity index (χ0) is 22.3. The standard InChI is InChI=1S/C25H33FN4O2/c1-32-22-8-6-21(7-9-22)10-11-27-12-14-28(15-13-27)20-25(31)30-18-16-29(17-19-30)24-5-3-2-4-23(24)26/h2-9H,10-20H2,1H3. The molecule has 0 spiro atoms. The van der Waals surface area contributed by atoms with Crippen LogP contribution in [0.5, 0.6) is 5.75 Å². The summed E-state index contributed by atoms with van der Waals surface area (Å²) in [6.07, 6.45) is 1.02. The Balaban J connectivity index is 1.16. The van der Waals surface area contributed by atoms with Gasteiger partial charge in [-0.25, -0.2) is 4.39 Å². The fourth-order valence-electron chi connectivity index (χ4n) is 4.45. The number of hydrogen-bond acceptors (Lipinski definition) is 5. The zero-order valence-electron chi connectivity index (χ0n) is 18.9. The first kappa shape index (κ1) is 22.6. The molecular formula is C25H33FN4O2. The predicted octanol–water partition coefficient (Wildman–Crippen LogP) is 2.34. The van der Waals surface area contributed by atoms with Gasteiger partial charge in [0, 0.05) is 58.9 Å². The molecular weight excluding hydrogens is 407 g/mol. The minimum atomic E-state index is -0.197. The summed E-state index contributed by atoms with van der Waals surface area (Å²) in [7, 11) is 1.69. The number of hydrogen-bond donors (Lipinski definition) is 0. The number of piperazine rings is 2. The second-order valence-electron chi connectivity index (χ2n) is 8.54. The van der Waals surface area contributed by atoms with Crippen molar-refractivity contribution in [3.8, 4) is 5.75 Å². The van der Waals surface area contributed by atoms with Gasteiger partial charge in [-0.3, -0.25) is 9.69 Å². The van der Waals surface area contributed by atoms with E-state index >= 15 is 0 Å². The third kappa shape index (κ3) is 5.78. The van der Waals surface area contributed by atoms with Crippen molar-refractivity contribution in [1.82, 2.24) is 14.7 Å². The number of ether oxygens (including phenoxy) is 1. The minimum absolute atomic E-state index is 0.185. The van der Waals surface area contributed by atoms with E-state index in [-0.39, 0.29) is 11.7 Å². The molecule has 2 aliphatic heterocycles. The van der Waals surface area contributed by atoms with Crippen LogP contribution in [0.2, 0.25) is 0 Å². The molecule has 2 saturated heterocycles. The fraction of sp³-hybridized carbons (Fsp3) is 0.480. The number of benzene rings is 2.